The molecule has 140 valence electrons. The van der Waals surface area contributed by atoms with Crippen molar-refractivity contribution in [1.82, 2.24) is 18.7 Å². The van der Waals surface area contributed by atoms with Gasteiger partial charge in [-0.25, -0.2) is 17.4 Å². The highest BCUT2D eigenvalue weighted by molar-refractivity contribution is 7.89. The molecule has 0 aliphatic carbocycles. The van der Waals surface area contributed by atoms with Gasteiger partial charge in [-0.3, -0.25) is 0 Å². The molecule has 0 spiro atoms. The van der Waals surface area contributed by atoms with Gasteiger partial charge < -0.3 is 9.47 Å². The molecule has 0 radical (unpaired) electrons. The minimum atomic E-state index is -3.42. The number of benzene rings is 1. The summed E-state index contributed by atoms with van der Waals surface area (Å²) < 4.78 is 30.3. The van der Waals surface area contributed by atoms with Crippen molar-refractivity contribution in [3.63, 3.8) is 0 Å². The summed E-state index contributed by atoms with van der Waals surface area (Å²) in [6, 6.07) is 5.30. The Bertz CT molecular complexity index is 1000. The van der Waals surface area contributed by atoms with Crippen LogP contribution in [-0.2, 0) is 29.7 Å². The molecule has 0 unspecified atom stereocenters. The normalized spacial score (nSPS) is 14.1. The number of aryl methyl sites for hydroxylation is 1. The maximum Gasteiger partial charge on any atom is 0.242 e. The van der Waals surface area contributed by atoms with Crippen molar-refractivity contribution in [3.8, 4) is 0 Å². The first-order chi connectivity index (χ1) is 12.3. The van der Waals surface area contributed by atoms with Crippen LogP contribution >= 0.6 is 12.2 Å². The Labute approximate surface area is 159 Å². The number of hydrogen-bond donors (Lipinski definition) is 0. The van der Waals surface area contributed by atoms with Crippen LogP contribution in [0.5, 0.6) is 0 Å². The molecule has 26 heavy (non-hydrogen) atoms. The Balaban J connectivity index is 1.89. The molecule has 0 bridgehead atoms. The molecule has 1 aromatic heterocycles. The van der Waals surface area contributed by atoms with Gasteiger partial charge >= 0.3 is 0 Å². The van der Waals surface area contributed by atoms with Gasteiger partial charge in [0.1, 0.15) is 12.5 Å². The first-order valence-corrected chi connectivity index (χ1v) is 10.2. The summed E-state index contributed by atoms with van der Waals surface area (Å²) in [6.45, 7) is 7.65. The van der Waals surface area contributed by atoms with E-state index in [9.17, 15) is 8.42 Å². The highest BCUT2D eigenvalue weighted by Gasteiger charge is 2.24. The lowest BCUT2D eigenvalue weighted by molar-refractivity contribution is 0.520. The Morgan fingerprint density at radius 3 is 2.77 bits per heavy atom. The number of anilines is 1. The minimum absolute atomic E-state index is 0.325. The molecule has 1 aliphatic heterocycles. The number of allylic oxidation sites excluding steroid dienone is 1. The molecule has 2 aromatic rings. The Hall–Kier alpha value is -1.97. The standard InChI is InChI=1S/C17H23N5O2S2/c1-5-9-21-13(2)18-22(17(21)25)12-20-10-8-14-11-15(6-7-16(14)20)26(23,24)19(3)4/h5-7,11H,1,8-10,12H2,2-4H3. The summed E-state index contributed by atoms with van der Waals surface area (Å²) in [4.78, 5) is 2.49. The van der Waals surface area contributed by atoms with E-state index in [-0.39, 0.29) is 0 Å². The van der Waals surface area contributed by atoms with E-state index in [2.05, 4.69) is 16.6 Å². The van der Waals surface area contributed by atoms with Crippen molar-refractivity contribution in [2.24, 2.45) is 0 Å². The Morgan fingerprint density at radius 1 is 1.38 bits per heavy atom. The fraction of sp³-hybridized carbons (Fsp3) is 0.412. The van der Waals surface area contributed by atoms with Crippen LogP contribution < -0.4 is 4.90 Å². The van der Waals surface area contributed by atoms with Crippen LogP contribution in [0.25, 0.3) is 0 Å². The van der Waals surface area contributed by atoms with Gasteiger partial charge in [-0.05, 0) is 49.3 Å². The second kappa shape index (κ2) is 6.98. The van der Waals surface area contributed by atoms with Crippen molar-refractivity contribution in [2.45, 2.75) is 31.5 Å². The van der Waals surface area contributed by atoms with E-state index in [1.54, 1.807) is 37.0 Å². The number of rotatable bonds is 6. The van der Waals surface area contributed by atoms with Gasteiger partial charge in [0.2, 0.25) is 10.0 Å². The molecule has 9 heteroatoms. The summed E-state index contributed by atoms with van der Waals surface area (Å²) in [5.74, 6) is 0.849. The lowest BCUT2D eigenvalue weighted by atomic mass is 10.2. The van der Waals surface area contributed by atoms with E-state index >= 15 is 0 Å². The predicted octanol–water partition coefficient (Wildman–Crippen LogP) is 2.18. The average molecular weight is 394 g/mol. The largest absolute Gasteiger partial charge is 0.351 e. The number of sulfonamides is 1. The van der Waals surface area contributed by atoms with E-state index in [1.807, 2.05) is 17.6 Å². The second-order valence-corrected chi connectivity index (χ2v) is 8.98. The fourth-order valence-corrected chi connectivity index (χ4v) is 4.37. The number of nitrogens with zero attached hydrogens (tertiary/aromatic N) is 5. The fourth-order valence-electron chi connectivity index (χ4n) is 3.11. The zero-order chi connectivity index (χ0) is 19.1. The molecular weight excluding hydrogens is 370 g/mol. The van der Waals surface area contributed by atoms with Crippen LogP contribution in [0.3, 0.4) is 0 Å². The van der Waals surface area contributed by atoms with Crippen molar-refractivity contribution in [1.29, 1.82) is 0 Å². The zero-order valence-electron chi connectivity index (χ0n) is 15.2. The number of fused-ring (bicyclic) bond motifs is 1. The quantitative estimate of drug-likeness (QED) is 0.556. The van der Waals surface area contributed by atoms with Gasteiger partial charge in [-0.15, -0.1) is 6.58 Å². The molecule has 0 saturated heterocycles. The third-order valence-corrected chi connectivity index (χ3v) is 6.79. The van der Waals surface area contributed by atoms with E-state index in [4.69, 9.17) is 12.2 Å². The van der Waals surface area contributed by atoms with Crippen LogP contribution in [0.15, 0.2) is 35.7 Å². The first kappa shape index (κ1) is 18.8. The topological polar surface area (TPSA) is 63.4 Å². The molecular formula is C17H23N5O2S2. The molecule has 7 nitrogen and oxygen atoms in total. The van der Waals surface area contributed by atoms with Crippen LogP contribution in [0, 0.1) is 11.7 Å². The van der Waals surface area contributed by atoms with Gasteiger partial charge in [-0.2, -0.15) is 5.10 Å². The van der Waals surface area contributed by atoms with Crippen molar-refractivity contribution >= 4 is 27.9 Å². The maximum atomic E-state index is 12.3. The Morgan fingerprint density at radius 2 is 2.12 bits per heavy atom. The highest BCUT2D eigenvalue weighted by atomic mass is 32.2. The SMILES string of the molecule is C=CCn1c(C)nn(CN2CCc3cc(S(=O)(=O)N(C)C)ccc32)c1=S. The summed E-state index contributed by atoms with van der Waals surface area (Å²) in [6.07, 6.45) is 2.60. The molecule has 1 aliphatic rings. The molecule has 0 N–H and O–H groups in total. The minimum Gasteiger partial charge on any atom is -0.351 e. The summed E-state index contributed by atoms with van der Waals surface area (Å²) in [5, 5.41) is 4.53. The van der Waals surface area contributed by atoms with Crippen LogP contribution in [0.2, 0.25) is 0 Å². The zero-order valence-corrected chi connectivity index (χ0v) is 16.8. The van der Waals surface area contributed by atoms with E-state index in [0.717, 1.165) is 30.0 Å². The third-order valence-electron chi connectivity index (χ3n) is 4.55. The van der Waals surface area contributed by atoms with Crippen LogP contribution in [0.1, 0.15) is 11.4 Å². The molecule has 0 saturated carbocycles. The molecule has 2 heterocycles. The smallest absolute Gasteiger partial charge is 0.242 e. The number of hydrogen-bond acceptors (Lipinski definition) is 5. The molecule has 0 fully saturated rings. The van der Waals surface area contributed by atoms with E-state index in [1.165, 1.54) is 4.31 Å². The van der Waals surface area contributed by atoms with Gasteiger partial charge in [0, 0.05) is 32.9 Å². The molecule has 3 rings (SSSR count). The Kier molecular flexibility index (Phi) is 5.05. The summed E-state index contributed by atoms with van der Waals surface area (Å²) in [5.41, 5.74) is 2.06. The summed E-state index contributed by atoms with van der Waals surface area (Å²) >= 11 is 5.51. The molecule has 1 aromatic carbocycles. The first-order valence-electron chi connectivity index (χ1n) is 8.31. The lowest BCUT2D eigenvalue weighted by Gasteiger charge is -2.19. The molecule has 0 atom stereocenters. The van der Waals surface area contributed by atoms with Crippen LogP contribution in [-0.4, -0.2) is 47.7 Å². The van der Waals surface area contributed by atoms with E-state index in [0.29, 0.717) is 22.9 Å². The third kappa shape index (κ3) is 3.22. The maximum absolute atomic E-state index is 12.3. The average Bonchev–Trinajstić information content (AvgIpc) is 3.11. The van der Waals surface area contributed by atoms with Gasteiger partial charge in [0.15, 0.2) is 4.77 Å². The monoisotopic (exact) mass is 393 g/mol. The summed E-state index contributed by atoms with van der Waals surface area (Å²) in [7, 11) is -0.342. The lowest BCUT2D eigenvalue weighted by Crippen LogP contribution is -2.25. The van der Waals surface area contributed by atoms with Crippen molar-refractivity contribution in [3.05, 3.63) is 47.0 Å². The molecule has 0 amide bonds. The van der Waals surface area contributed by atoms with Crippen LogP contribution in [0.4, 0.5) is 5.69 Å². The number of aromatic nitrogens is 3. The van der Waals surface area contributed by atoms with Crippen molar-refractivity contribution < 1.29 is 8.42 Å². The van der Waals surface area contributed by atoms with Gasteiger partial charge in [-0.1, -0.05) is 6.08 Å². The second-order valence-electron chi connectivity index (χ2n) is 6.46. The van der Waals surface area contributed by atoms with Crippen molar-refractivity contribution in [2.75, 3.05) is 25.5 Å². The van der Waals surface area contributed by atoms with Gasteiger partial charge in [0.25, 0.3) is 0 Å². The highest BCUT2D eigenvalue weighted by Crippen LogP contribution is 2.31. The van der Waals surface area contributed by atoms with E-state index < -0.39 is 10.0 Å². The van der Waals surface area contributed by atoms with Gasteiger partial charge in [0.05, 0.1) is 4.90 Å². The predicted molar refractivity (Wildman–Crippen MR) is 104 cm³/mol.